The molecule has 16 heavy (non-hydrogen) atoms. The number of nitrogens with zero attached hydrogens (tertiary/aromatic N) is 4. The van der Waals surface area contributed by atoms with Crippen LogP contribution in [0.15, 0.2) is 17.5 Å². The summed E-state index contributed by atoms with van der Waals surface area (Å²) in [4.78, 5) is 0. The highest BCUT2D eigenvalue weighted by Gasteiger charge is 2.03. The van der Waals surface area contributed by atoms with E-state index in [9.17, 15) is 0 Å². The highest BCUT2D eigenvalue weighted by molar-refractivity contribution is 5.80. The van der Waals surface area contributed by atoms with Crippen molar-refractivity contribution in [3.63, 3.8) is 0 Å². The summed E-state index contributed by atoms with van der Waals surface area (Å²) in [6.07, 6.45) is 5.00. The highest BCUT2D eigenvalue weighted by Crippen LogP contribution is 1.92. The zero-order chi connectivity index (χ0) is 11.8. The quantitative estimate of drug-likeness (QED) is 0.196. The summed E-state index contributed by atoms with van der Waals surface area (Å²) in [5, 5.41) is 22.2. The first-order chi connectivity index (χ1) is 7.72. The van der Waals surface area contributed by atoms with Gasteiger partial charge in [0.05, 0.1) is 6.20 Å². The predicted octanol–water partition coefficient (Wildman–Crippen LogP) is -0.217. The Morgan fingerprint density at radius 2 is 2.50 bits per heavy atom. The zero-order valence-corrected chi connectivity index (χ0v) is 9.37. The van der Waals surface area contributed by atoms with Gasteiger partial charge in [-0.3, -0.25) is 4.68 Å². The number of hydrogen-bond donors (Lipinski definition) is 3. The Morgan fingerprint density at radius 1 is 1.69 bits per heavy atom. The molecule has 1 rings (SSSR count). The van der Waals surface area contributed by atoms with Gasteiger partial charge in [0.15, 0.2) is 0 Å². The van der Waals surface area contributed by atoms with Crippen LogP contribution in [-0.4, -0.2) is 38.6 Å². The molecule has 1 aromatic heterocycles. The van der Waals surface area contributed by atoms with Gasteiger partial charge in [0.25, 0.3) is 0 Å². The van der Waals surface area contributed by atoms with Crippen molar-refractivity contribution in [1.82, 2.24) is 20.3 Å². The minimum absolute atomic E-state index is 0.201. The summed E-state index contributed by atoms with van der Waals surface area (Å²) >= 11 is 0. The predicted molar refractivity (Wildman–Crippen MR) is 60.1 cm³/mol. The zero-order valence-electron chi connectivity index (χ0n) is 9.37. The number of nitrogens with one attached hydrogen (secondary N) is 1. The van der Waals surface area contributed by atoms with Gasteiger partial charge < -0.3 is 16.3 Å². The van der Waals surface area contributed by atoms with Crippen LogP contribution in [0.4, 0.5) is 0 Å². The lowest BCUT2D eigenvalue weighted by molar-refractivity contribution is 0.315. The molecule has 1 unspecified atom stereocenters. The number of amidine groups is 1. The number of nitrogens with two attached hydrogens (primary N) is 1. The fraction of sp³-hybridized carbons (Fsp3) is 0.667. The molecular weight excluding hydrogens is 208 g/mol. The van der Waals surface area contributed by atoms with E-state index in [4.69, 9.17) is 10.9 Å². The topological polar surface area (TPSA) is 101 Å². The average molecular weight is 226 g/mol. The van der Waals surface area contributed by atoms with Crippen LogP contribution in [-0.2, 0) is 6.54 Å². The fourth-order valence-corrected chi connectivity index (χ4v) is 1.37. The SMILES string of the molecule is CC(C/C(N)=N/O)NCCCn1ccnn1. The Labute approximate surface area is 94.3 Å². The Balaban J connectivity index is 2.06. The van der Waals surface area contributed by atoms with Crippen molar-refractivity contribution < 1.29 is 5.21 Å². The molecule has 7 heteroatoms. The molecule has 0 bridgehead atoms. The van der Waals surface area contributed by atoms with Crippen LogP contribution in [0, 0.1) is 0 Å². The van der Waals surface area contributed by atoms with Gasteiger partial charge in [0, 0.05) is 25.2 Å². The molecular formula is C9H18N6O. The maximum Gasteiger partial charge on any atom is 0.140 e. The van der Waals surface area contributed by atoms with Crippen molar-refractivity contribution in [2.75, 3.05) is 6.54 Å². The lowest BCUT2D eigenvalue weighted by Crippen LogP contribution is -2.32. The molecule has 1 atom stereocenters. The van der Waals surface area contributed by atoms with Gasteiger partial charge in [0.2, 0.25) is 0 Å². The van der Waals surface area contributed by atoms with E-state index in [-0.39, 0.29) is 11.9 Å². The lowest BCUT2D eigenvalue weighted by atomic mass is 10.2. The van der Waals surface area contributed by atoms with Crippen molar-refractivity contribution in [3.05, 3.63) is 12.4 Å². The molecule has 0 aliphatic carbocycles. The van der Waals surface area contributed by atoms with E-state index in [1.165, 1.54) is 0 Å². The molecule has 0 aliphatic rings. The van der Waals surface area contributed by atoms with Gasteiger partial charge in [-0.15, -0.1) is 5.10 Å². The maximum atomic E-state index is 8.40. The van der Waals surface area contributed by atoms with Crippen LogP contribution in [0.2, 0.25) is 0 Å². The smallest absolute Gasteiger partial charge is 0.140 e. The largest absolute Gasteiger partial charge is 0.409 e. The van der Waals surface area contributed by atoms with Crippen molar-refractivity contribution in [2.45, 2.75) is 32.4 Å². The van der Waals surface area contributed by atoms with Crippen LogP contribution in [0.1, 0.15) is 19.8 Å². The van der Waals surface area contributed by atoms with Gasteiger partial charge in [0.1, 0.15) is 5.84 Å². The van der Waals surface area contributed by atoms with Gasteiger partial charge in [-0.1, -0.05) is 10.4 Å². The number of rotatable bonds is 7. The first kappa shape index (κ1) is 12.4. The second-order valence-electron chi connectivity index (χ2n) is 3.67. The monoisotopic (exact) mass is 226 g/mol. The first-order valence-corrected chi connectivity index (χ1v) is 5.26. The molecule has 1 heterocycles. The Morgan fingerprint density at radius 3 is 3.12 bits per heavy atom. The third-order valence-corrected chi connectivity index (χ3v) is 2.17. The van der Waals surface area contributed by atoms with E-state index in [1.807, 2.05) is 13.1 Å². The van der Waals surface area contributed by atoms with Gasteiger partial charge >= 0.3 is 0 Å². The van der Waals surface area contributed by atoms with Crippen LogP contribution < -0.4 is 11.1 Å². The molecule has 0 radical (unpaired) electrons. The first-order valence-electron chi connectivity index (χ1n) is 5.26. The van der Waals surface area contributed by atoms with Crippen molar-refractivity contribution in [3.8, 4) is 0 Å². The van der Waals surface area contributed by atoms with Crippen LogP contribution in [0.3, 0.4) is 0 Å². The molecule has 0 fully saturated rings. The Hall–Kier alpha value is -1.63. The fourth-order valence-electron chi connectivity index (χ4n) is 1.37. The lowest BCUT2D eigenvalue weighted by Gasteiger charge is -2.12. The van der Waals surface area contributed by atoms with E-state index in [0.29, 0.717) is 6.42 Å². The standard InChI is InChI=1S/C9H18N6O/c1-8(7-9(10)13-16)11-3-2-5-15-6-4-12-14-15/h4,6,8,11,16H,2-3,5,7H2,1H3,(H2,10,13). The molecule has 7 nitrogen and oxygen atoms in total. The molecule has 0 saturated carbocycles. The summed E-state index contributed by atoms with van der Waals surface area (Å²) in [6, 6.07) is 0.201. The van der Waals surface area contributed by atoms with Crippen molar-refractivity contribution in [2.24, 2.45) is 10.9 Å². The van der Waals surface area contributed by atoms with Crippen LogP contribution >= 0.6 is 0 Å². The summed E-state index contributed by atoms with van der Waals surface area (Å²) in [5.41, 5.74) is 5.39. The summed E-state index contributed by atoms with van der Waals surface area (Å²) in [7, 11) is 0. The highest BCUT2D eigenvalue weighted by atomic mass is 16.4. The molecule has 90 valence electrons. The van der Waals surface area contributed by atoms with Gasteiger partial charge in [-0.05, 0) is 19.9 Å². The minimum atomic E-state index is 0.201. The molecule has 0 spiro atoms. The number of hydrogen-bond acceptors (Lipinski definition) is 5. The molecule has 0 saturated heterocycles. The second kappa shape index (κ2) is 6.78. The average Bonchev–Trinajstić information content (AvgIpc) is 2.77. The van der Waals surface area contributed by atoms with Crippen LogP contribution in [0.5, 0.6) is 0 Å². The second-order valence-corrected chi connectivity index (χ2v) is 3.67. The molecule has 0 aliphatic heterocycles. The Bertz CT molecular complexity index is 310. The summed E-state index contributed by atoms with van der Waals surface area (Å²) < 4.78 is 1.79. The number of aryl methyl sites for hydroxylation is 1. The van der Waals surface area contributed by atoms with Crippen LogP contribution in [0.25, 0.3) is 0 Å². The van der Waals surface area contributed by atoms with Gasteiger partial charge in [-0.2, -0.15) is 0 Å². The van der Waals surface area contributed by atoms with Gasteiger partial charge in [-0.25, -0.2) is 0 Å². The number of oxime groups is 1. The maximum absolute atomic E-state index is 8.40. The van der Waals surface area contributed by atoms with E-state index in [1.54, 1.807) is 10.9 Å². The Kier molecular flexibility index (Phi) is 5.27. The van der Waals surface area contributed by atoms with Crippen molar-refractivity contribution in [1.29, 1.82) is 0 Å². The van der Waals surface area contributed by atoms with E-state index in [0.717, 1.165) is 19.5 Å². The van der Waals surface area contributed by atoms with E-state index < -0.39 is 0 Å². The third-order valence-electron chi connectivity index (χ3n) is 2.17. The van der Waals surface area contributed by atoms with E-state index in [2.05, 4.69) is 20.8 Å². The van der Waals surface area contributed by atoms with E-state index >= 15 is 0 Å². The molecule has 0 amide bonds. The normalized spacial score (nSPS) is 13.9. The molecule has 0 aromatic carbocycles. The molecule has 1 aromatic rings. The minimum Gasteiger partial charge on any atom is -0.409 e. The summed E-state index contributed by atoms with van der Waals surface area (Å²) in [5.74, 6) is 0.247. The number of aromatic nitrogens is 3. The third kappa shape index (κ3) is 4.74. The van der Waals surface area contributed by atoms with Crippen molar-refractivity contribution >= 4 is 5.84 Å². The summed E-state index contributed by atoms with van der Waals surface area (Å²) in [6.45, 7) is 3.69. The molecule has 4 N–H and O–H groups in total.